The molecule has 1 aliphatic rings. The average molecular weight is 764 g/mol. The van der Waals surface area contributed by atoms with Crippen molar-refractivity contribution in [3.05, 3.63) is 35.9 Å². The summed E-state index contributed by atoms with van der Waals surface area (Å²) in [5, 5.41) is 5.76. The number of methoxy groups -OCH3 is 3. The van der Waals surface area contributed by atoms with Crippen LogP contribution >= 0.6 is 12.6 Å². The van der Waals surface area contributed by atoms with Gasteiger partial charge in [-0.25, -0.2) is 4.79 Å². The first-order valence-electron chi connectivity index (χ1n) is 18.7. The summed E-state index contributed by atoms with van der Waals surface area (Å²) in [4.78, 5) is 72.8. The zero-order valence-electron chi connectivity index (χ0n) is 33.7. The van der Waals surface area contributed by atoms with Crippen molar-refractivity contribution in [2.45, 2.75) is 109 Å². The van der Waals surface area contributed by atoms with Gasteiger partial charge in [-0.1, -0.05) is 71.4 Å². The Morgan fingerprint density at radius 3 is 2.06 bits per heavy atom. The number of hydrogen-bond acceptors (Lipinski definition) is 10. The molecule has 1 heterocycles. The summed E-state index contributed by atoms with van der Waals surface area (Å²) >= 11 is 4.42. The van der Waals surface area contributed by atoms with Crippen LogP contribution in [0.3, 0.4) is 0 Å². The number of likely N-dealkylation sites (N-methyl/N-ethyl adjacent to an activating group) is 2. The van der Waals surface area contributed by atoms with Crippen molar-refractivity contribution in [2.75, 3.05) is 54.8 Å². The van der Waals surface area contributed by atoms with Crippen LogP contribution in [0.4, 0.5) is 0 Å². The third kappa shape index (κ3) is 12.4. The van der Waals surface area contributed by atoms with Crippen LogP contribution in [0.2, 0.25) is 0 Å². The highest BCUT2D eigenvalue weighted by molar-refractivity contribution is 7.80. The molecule has 0 spiro atoms. The summed E-state index contributed by atoms with van der Waals surface area (Å²) in [7, 11) is 9.68. The van der Waals surface area contributed by atoms with Crippen molar-refractivity contribution < 1.29 is 38.2 Å². The van der Waals surface area contributed by atoms with Gasteiger partial charge >= 0.3 is 5.97 Å². The minimum Gasteiger partial charge on any atom is -0.467 e. The lowest BCUT2D eigenvalue weighted by atomic mass is 9.90. The Balaban J connectivity index is 2.25. The van der Waals surface area contributed by atoms with E-state index in [1.165, 1.54) is 21.3 Å². The van der Waals surface area contributed by atoms with Gasteiger partial charge in [-0.2, -0.15) is 12.6 Å². The van der Waals surface area contributed by atoms with E-state index < -0.39 is 54.3 Å². The normalized spacial score (nSPS) is 19.1. The monoisotopic (exact) mass is 763 g/mol. The van der Waals surface area contributed by atoms with Gasteiger partial charge in [-0.05, 0) is 44.3 Å². The van der Waals surface area contributed by atoms with Crippen molar-refractivity contribution in [2.24, 2.45) is 17.8 Å². The second kappa shape index (κ2) is 22.2. The first-order chi connectivity index (χ1) is 25.1. The molecule has 0 saturated carbocycles. The topological polar surface area (TPSA) is 147 Å². The SMILES string of the molecule is CCC(C)C(C(CC(=O)N1CCC[C@H]1C(OC)C(C)C(=O)NC(Cc1ccccc1)C(=O)OC)OC)N(C)C(=O)C(CS)NC(=O)C(C(C)C)N(C)C. The van der Waals surface area contributed by atoms with Gasteiger partial charge in [0.05, 0.1) is 49.8 Å². The average Bonchev–Trinajstić information content (AvgIpc) is 3.62. The van der Waals surface area contributed by atoms with Crippen molar-refractivity contribution in [3.63, 3.8) is 0 Å². The summed E-state index contributed by atoms with van der Waals surface area (Å²) in [6.07, 6.45) is 1.02. The van der Waals surface area contributed by atoms with Gasteiger partial charge < -0.3 is 34.6 Å². The number of carbonyl (C=O) groups is 5. The highest BCUT2D eigenvalue weighted by Gasteiger charge is 2.43. The second-order valence-electron chi connectivity index (χ2n) is 14.8. The smallest absolute Gasteiger partial charge is 0.328 e. The Bertz CT molecular complexity index is 1330. The molecule has 9 atom stereocenters. The molecule has 300 valence electrons. The van der Waals surface area contributed by atoms with Crippen LogP contribution in [0.15, 0.2) is 30.3 Å². The standard InChI is InChI=1S/C39H65N5O8S/c1-12-25(4)34(43(8)38(48)29(23-53)41-37(47)33(24(2)3)42(6)7)31(50-9)22-32(45)44-20-16-19-30(44)35(51-10)26(5)36(46)40-28(39(49)52-11)21-27-17-14-13-15-18-27/h13-15,17-18,24-26,28-31,33-35,53H,12,16,19-23H2,1-11H3,(H,40,46)(H,41,47)/t25?,26?,28?,29?,30-,31?,33?,34?,35?/m0/s1. The Morgan fingerprint density at radius 1 is 0.925 bits per heavy atom. The molecule has 1 aromatic rings. The third-order valence-corrected chi connectivity index (χ3v) is 11.0. The van der Waals surface area contributed by atoms with Crippen LogP contribution in [0.25, 0.3) is 0 Å². The molecule has 53 heavy (non-hydrogen) atoms. The molecule has 1 fully saturated rings. The zero-order valence-corrected chi connectivity index (χ0v) is 34.6. The minimum absolute atomic E-state index is 0.00785. The fourth-order valence-corrected chi connectivity index (χ4v) is 7.86. The highest BCUT2D eigenvalue weighted by Crippen LogP contribution is 2.29. The molecule has 0 bridgehead atoms. The van der Waals surface area contributed by atoms with Crippen molar-refractivity contribution >= 4 is 42.2 Å². The summed E-state index contributed by atoms with van der Waals surface area (Å²) in [5.74, 6) is -2.31. The Morgan fingerprint density at radius 2 is 1.55 bits per heavy atom. The van der Waals surface area contributed by atoms with Crippen LogP contribution in [-0.4, -0.2) is 141 Å². The number of rotatable bonds is 21. The maximum atomic E-state index is 14.1. The lowest BCUT2D eigenvalue weighted by molar-refractivity contribution is -0.148. The molecule has 8 unspecified atom stereocenters. The van der Waals surface area contributed by atoms with Crippen LogP contribution in [0.5, 0.6) is 0 Å². The number of benzene rings is 1. The van der Waals surface area contributed by atoms with Crippen molar-refractivity contribution in [3.8, 4) is 0 Å². The Hall–Kier alpha value is -3.20. The molecule has 0 aliphatic carbocycles. The van der Waals surface area contributed by atoms with Gasteiger partial charge in [0.1, 0.15) is 12.1 Å². The fourth-order valence-electron chi connectivity index (χ4n) is 7.62. The molecular weight excluding hydrogens is 699 g/mol. The number of likely N-dealkylation sites (tertiary alicyclic amines) is 1. The van der Waals surface area contributed by atoms with Gasteiger partial charge in [0.2, 0.25) is 23.6 Å². The number of nitrogens with zero attached hydrogens (tertiary/aromatic N) is 3. The number of thiol groups is 1. The summed E-state index contributed by atoms with van der Waals surface area (Å²) in [5.41, 5.74) is 0.873. The number of carbonyl (C=O) groups excluding carboxylic acids is 5. The first-order valence-corrected chi connectivity index (χ1v) is 19.3. The molecular formula is C39H65N5O8S. The quantitative estimate of drug-likeness (QED) is 0.127. The van der Waals surface area contributed by atoms with E-state index in [4.69, 9.17) is 14.2 Å². The van der Waals surface area contributed by atoms with Crippen molar-refractivity contribution in [1.29, 1.82) is 0 Å². The van der Waals surface area contributed by atoms with E-state index in [0.29, 0.717) is 19.4 Å². The van der Waals surface area contributed by atoms with E-state index in [9.17, 15) is 24.0 Å². The number of amides is 4. The van der Waals surface area contributed by atoms with E-state index in [2.05, 4.69) is 23.3 Å². The van der Waals surface area contributed by atoms with Gasteiger partial charge in [-0.3, -0.25) is 24.1 Å². The molecule has 4 amide bonds. The molecule has 13 nitrogen and oxygen atoms in total. The Labute approximate surface area is 322 Å². The van der Waals surface area contributed by atoms with Crippen molar-refractivity contribution in [1.82, 2.24) is 25.3 Å². The third-order valence-electron chi connectivity index (χ3n) is 10.6. The lowest BCUT2D eigenvalue weighted by Crippen LogP contribution is -2.59. The molecule has 2 rings (SSSR count). The maximum absolute atomic E-state index is 14.1. The van der Waals surface area contributed by atoms with Gasteiger partial charge in [0.25, 0.3) is 0 Å². The van der Waals surface area contributed by atoms with E-state index in [1.807, 2.05) is 77.0 Å². The largest absolute Gasteiger partial charge is 0.467 e. The number of esters is 1. The van der Waals surface area contributed by atoms with Gasteiger partial charge in [0.15, 0.2) is 0 Å². The lowest BCUT2D eigenvalue weighted by Gasteiger charge is -2.40. The van der Waals surface area contributed by atoms with Crippen LogP contribution in [0, 0.1) is 17.8 Å². The molecule has 0 aromatic heterocycles. The Kier molecular flexibility index (Phi) is 19.3. The summed E-state index contributed by atoms with van der Waals surface area (Å²) in [6, 6.07) is 6.29. The van der Waals surface area contributed by atoms with E-state index in [1.54, 1.807) is 23.8 Å². The van der Waals surface area contributed by atoms with E-state index in [-0.39, 0.29) is 54.1 Å². The number of ether oxygens (including phenoxy) is 3. The highest BCUT2D eigenvalue weighted by atomic mass is 32.1. The molecule has 1 aliphatic heterocycles. The second-order valence-corrected chi connectivity index (χ2v) is 15.1. The number of nitrogens with one attached hydrogen (secondary N) is 2. The molecule has 0 radical (unpaired) electrons. The first kappa shape index (κ1) is 46.0. The summed E-state index contributed by atoms with van der Waals surface area (Å²) < 4.78 is 16.9. The van der Waals surface area contributed by atoms with E-state index >= 15 is 0 Å². The van der Waals surface area contributed by atoms with Gasteiger partial charge in [-0.15, -0.1) is 0 Å². The zero-order chi connectivity index (χ0) is 40.0. The van der Waals surface area contributed by atoms with Crippen LogP contribution in [0.1, 0.15) is 65.9 Å². The maximum Gasteiger partial charge on any atom is 0.328 e. The molecule has 14 heteroatoms. The molecule has 1 aromatic carbocycles. The van der Waals surface area contributed by atoms with Gasteiger partial charge in [0, 0.05) is 40.0 Å². The minimum atomic E-state index is -0.893. The predicted octanol–water partition coefficient (Wildman–Crippen LogP) is 2.81. The van der Waals surface area contributed by atoms with E-state index in [0.717, 1.165) is 12.0 Å². The van der Waals surface area contributed by atoms with Crippen LogP contribution < -0.4 is 10.6 Å². The predicted molar refractivity (Wildman–Crippen MR) is 208 cm³/mol. The summed E-state index contributed by atoms with van der Waals surface area (Å²) in [6.45, 7) is 10.2. The molecule has 1 saturated heterocycles. The number of hydrogen-bond donors (Lipinski definition) is 3. The fraction of sp³-hybridized carbons (Fsp3) is 0.718. The van der Waals surface area contributed by atoms with Crippen LogP contribution in [-0.2, 0) is 44.6 Å². The molecule has 2 N–H and O–H groups in total.